The minimum atomic E-state index is -0.283. The van der Waals surface area contributed by atoms with Gasteiger partial charge in [-0.15, -0.1) is 0 Å². The second-order valence-corrected chi connectivity index (χ2v) is 7.07. The summed E-state index contributed by atoms with van der Waals surface area (Å²) in [5, 5.41) is 12.5. The molecule has 0 saturated heterocycles. The standard InChI is InChI=1S/C22H17FN6O/c1-13-4-6-25-9-16(13)18-11-27-22(29-12-14(8-24)28-21(18)29)26-10-17-15-5-7-30-20(15)3-2-19(17)23/h2-4,6,9,11-12H,5,7,10H2,1H3,(H,26,27). The van der Waals surface area contributed by atoms with E-state index in [-0.39, 0.29) is 18.1 Å². The summed E-state index contributed by atoms with van der Waals surface area (Å²) in [4.78, 5) is 13.2. The normalized spacial score (nSPS) is 12.4. The third kappa shape index (κ3) is 2.92. The van der Waals surface area contributed by atoms with E-state index in [4.69, 9.17) is 4.74 Å². The first-order valence-electron chi connectivity index (χ1n) is 9.52. The fourth-order valence-electron chi connectivity index (χ4n) is 3.77. The summed E-state index contributed by atoms with van der Waals surface area (Å²) in [7, 11) is 0. The van der Waals surface area contributed by atoms with Gasteiger partial charge >= 0.3 is 0 Å². The number of hydrogen-bond donors (Lipinski definition) is 1. The van der Waals surface area contributed by atoms with E-state index in [1.807, 2.05) is 13.0 Å². The van der Waals surface area contributed by atoms with Gasteiger partial charge in [-0.1, -0.05) is 0 Å². The molecule has 0 bridgehead atoms. The van der Waals surface area contributed by atoms with Crippen LogP contribution in [0.2, 0.25) is 0 Å². The van der Waals surface area contributed by atoms with Crippen LogP contribution < -0.4 is 10.1 Å². The Hall–Kier alpha value is -3.99. The Bertz CT molecular complexity index is 1320. The Balaban J connectivity index is 1.56. The van der Waals surface area contributed by atoms with Gasteiger partial charge in [-0.05, 0) is 30.7 Å². The molecule has 0 aliphatic carbocycles. The van der Waals surface area contributed by atoms with Gasteiger partial charge in [0, 0.05) is 53.8 Å². The lowest BCUT2D eigenvalue weighted by Gasteiger charge is -2.13. The molecule has 1 aliphatic rings. The van der Waals surface area contributed by atoms with Crippen molar-refractivity contribution in [2.45, 2.75) is 19.9 Å². The number of benzene rings is 1. The number of nitriles is 1. The van der Waals surface area contributed by atoms with Crippen LogP contribution in [0.4, 0.5) is 10.3 Å². The lowest BCUT2D eigenvalue weighted by molar-refractivity contribution is 0.356. The molecule has 0 radical (unpaired) electrons. The first-order valence-corrected chi connectivity index (χ1v) is 9.52. The summed E-state index contributed by atoms with van der Waals surface area (Å²) in [5.74, 6) is 0.914. The Morgan fingerprint density at radius 3 is 3.00 bits per heavy atom. The molecule has 0 saturated carbocycles. The molecular weight excluding hydrogens is 383 g/mol. The molecule has 0 fully saturated rings. The number of anilines is 1. The highest BCUT2D eigenvalue weighted by Gasteiger charge is 2.20. The quantitative estimate of drug-likeness (QED) is 0.563. The first kappa shape index (κ1) is 18.1. The molecular formula is C22H17FN6O. The minimum Gasteiger partial charge on any atom is -0.493 e. The predicted molar refractivity (Wildman–Crippen MR) is 109 cm³/mol. The van der Waals surface area contributed by atoms with Crippen LogP contribution in [-0.4, -0.2) is 26.0 Å². The summed E-state index contributed by atoms with van der Waals surface area (Å²) in [6.45, 7) is 2.78. The molecule has 0 spiro atoms. The fourth-order valence-corrected chi connectivity index (χ4v) is 3.77. The van der Waals surface area contributed by atoms with Gasteiger partial charge in [0.05, 0.1) is 12.8 Å². The first-order chi connectivity index (χ1) is 14.7. The van der Waals surface area contributed by atoms with Crippen molar-refractivity contribution >= 4 is 11.6 Å². The Morgan fingerprint density at radius 2 is 2.17 bits per heavy atom. The van der Waals surface area contributed by atoms with Crippen LogP contribution in [0.1, 0.15) is 22.4 Å². The van der Waals surface area contributed by atoms with E-state index >= 15 is 0 Å². The molecule has 3 aromatic heterocycles. The number of pyridine rings is 1. The zero-order valence-corrected chi connectivity index (χ0v) is 16.2. The van der Waals surface area contributed by atoms with Crippen LogP contribution in [0.5, 0.6) is 5.75 Å². The molecule has 4 heterocycles. The third-order valence-electron chi connectivity index (χ3n) is 5.30. The number of nitrogens with one attached hydrogen (secondary N) is 1. The SMILES string of the molecule is Cc1ccncc1-c1cnc(NCc2c(F)ccc3c2CCO3)n2cc(C#N)nc12. The summed E-state index contributed by atoms with van der Waals surface area (Å²) in [6.07, 6.45) is 7.47. The number of halogens is 1. The van der Waals surface area contributed by atoms with E-state index in [0.717, 1.165) is 28.0 Å². The van der Waals surface area contributed by atoms with E-state index in [2.05, 4.69) is 26.3 Å². The lowest BCUT2D eigenvalue weighted by atomic mass is 10.0. The van der Waals surface area contributed by atoms with Crippen molar-refractivity contribution in [1.29, 1.82) is 5.26 Å². The molecule has 0 unspecified atom stereocenters. The maximum atomic E-state index is 14.5. The maximum Gasteiger partial charge on any atom is 0.208 e. The number of aromatic nitrogens is 4. The van der Waals surface area contributed by atoms with Crippen LogP contribution in [0, 0.1) is 24.1 Å². The average Bonchev–Trinajstić information content (AvgIpc) is 3.40. The van der Waals surface area contributed by atoms with Crippen molar-refractivity contribution in [3.05, 3.63) is 71.2 Å². The van der Waals surface area contributed by atoms with Gasteiger partial charge < -0.3 is 10.1 Å². The summed E-state index contributed by atoms with van der Waals surface area (Å²) in [6, 6.07) is 7.07. The van der Waals surface area contributed by atoms with Gasteiger partial charge in [-0.2, -0.15) is 5.26 Å². The molecule has 4 aromatic rings. The van der Waals surface area contributed by atoms with Gasteiger partial charge in [0.1, 0.15) is 17.6 Å². The summed E-state index contributed by atoms with van der Waals surface area (Å²) >= 11 is 0. The van der Waals surface area contributed by atoms with E-state index in [1.165, 1.54) is 6.07 Å². The van der Waals surface area contributed by atoms with Gasteiger partial charge in [0.15, 0.2) is 11.3 Å². The molecule has 30 heavy (non-hydrogen) atoms. The maximum absolute atomic E-state index is 14.5. The van der Waals surface area contributed by atoms with Crippen LogP contribution in [-0.2, 0) is 13.0 Å². The Kier molecular flexibility index (Phi) is 4.29. The highest BCUT2D eigenvalue weighted by molar-refractivity contribution is 5.79. The zero-order valence-electron chi connectivity index (χ0n) is 16.2. The van der Waals surface area contributed by atoms with Gasteiger partial charge in [-0.3, -0.25) is 9.38 Å². The lowest BCUT2D eigenvalue weighted by Crippen LogP contribution is -2.09. The van der Waals surface area contributed by atoms with Crippen LogP contribution in [0.3, 0.4) is 0 Å². The van der Waals surface area contributed by atoms with Crippen molar-refractivity contribution in [3.8, 4) is 22.9 Å². The number of nitrogens with zero attached hydrogens (tertiary/aromatic N) is 5. The van der Waals surface area contributed by atoms with Crippen molar-refractivity contribution in [2.75, 3.05) is 11.9 Å². The molecule has 7 nitrogen and oxygen atoms in total. The molecule has 1 N–H and O–H groups in total. The Morgan fingerprint density at radius 1 is 1.27 bits per heavy atom. The molecule has 1 aliphatic heterocycles. The smallest absolute Gasteiger partial charge is 0.208 e. The van der Waals surface area contributed by atoms with Crippen molar-refractivity contribution in [1.82, 2.24) is 19.4 Å². The monoisotopic (exact) mass is 400 g/mol. The molecule has 0 amide bonds. The molecule has 148 valence electrons. The Labute approximate surface area is 171 Å². The van der Waals surface area contributed by atoms with Crippen molar-refractivity contribution in [2.24, 2.45) is 0 Å². The summed E-state index contributed by atoms with van der Waals surface area (Å²) in [5.41, 5.74) is 4.99. The molecule has 1 aromatic carbocycles. The second-order valence-electron chi connectivity index (χ2n) is 7.07. The summed E-state index contributed by atoms with van der Waals surface area (Å²) < 4.78 is 21.7. The molecule has 0 atom stereocenters. The molecule has 5 rings (SSSR count). The predicted octanol–water partition coefficient (Wildman–Crippen LogP) is 3.66. The minimum absolute atomic E-state index is 0.242. The van der Waals surface area contributed by atoms with Crippen LogP contribution >= 0.6 is 0 Å². The van der Waals surface area contributed by atoms with Gasteiger partial charge in [0.25, 0.3) is 0 Å². The largest absolute Gasteiger partial charge is 0.493 e. The topological polar surface area (TPSA) is 88.1 Å². The number of hydrogen-bond acceptors (Lipinski definition) is 6. The molecule has 8 heteroatoms. The number of rotatable bonds is 4. The van der Waals surface area contributed by atoms with E-state index in [1.54, 1.807) is 35.3 Å². The number of aryl methyl sites for hydroxylation is 1. The number of ether oxygens (including phenoxy) is 1. The zero-order chi connectivity index (χ0) is 20.7. The average molecular weight is 400 g/mol. The number of imidazole rings is 1. The third-order valence-corrected chi connectivity index (χ3v) is 5.30. The van der Waals surface area contributed by atoms with Crippen molar-refractivity contribution < 1.29 is 9.13 Å². The van der Waals surface area contributed by atoms with Gasteiger partial charge in [0.2, 0.25) is 5.95 Å². The van der Waals surface area contributed by atoms with Crippen LogP contribution in [0.15, 0.2) is 43.0 Å². The fraction of sp³-hybridized carbons (Fsp3) is 0.182. The van der Waals surface area contributed by atoms with Gasteiger partial charge in [-0.25, -0.2) is 14.4 Å². The van der Waals surface area contributed by atoms with Crippen molar-refractivity contribution in [3.63, 3.8) is 0 Å². The van der Waals surface area contributed by atoms with E-state index < -0.39 is 0 Å². The van der Waals surface area contributed by atoms with Crippen LogP contribution in [0.25, 0.3) is 16.8 Å². The second kappa shape index (κ2) is 7.12. The van der Waals surface area contributed by atoms with E-state index in [0.29, 0.717) is 30.2 Å². The number of fused-ring (bicyclic) bond motifs is 2. The van der Waals surface area contributed by atoms with E-state index in [9.17, 15) is 9.65 Å². The highest BCUT2D eigenvalue weighted by Crippen LogP contribution is 2.31. The highest BCUT2D eigenvalue weighted by atomic mass is 19.1.